The van der Waals surface area contributed by atoms with Crippen LogP contribution in [0.5, 0.6) is 0 Å². The van der Waals surface area contributed by atoms with Crippen LogP contribution in [0.3, 0.4) is 0 Å². The molecule has 1 aromatic rings. The summed E-state index contributed by atoms with van der Waals surface area (Å²) in [7, 11) is 0. The average molecular weight is 222 g/mol. The van der Waals surface area contributed by atoms with Gasteiger partial charge in [-0.2, -0.15) is 0 Å². The van der Waals surface area contributed by atoms with Crippen molar-refractivity contribution in [2.45, 2.75) is 27.2 Å². The average Bonchev–Trinajstić information content (AvgIpc) is 2.22. The molecule has 0 heterocycles. The molecule has 0 fully saturated rings. The lowest BCUT2D eigenvalue weighted by molar-refractivity contribution is 0.417. The summed E-state index contributed by atoms with van der Waals surface area (Å²) in [6, 6.07) is 5.90. The standard InChI is InChI=1S/C11H11FO.C3H8/c1-3-11(8(2)13)9-4-6-10(12)7-5-9;1-3-2/h3-7,13H,1H2,2H3;3H2,1-2H3/b11-8-;. The number of benzene rings is 1. The van der Waals surface area contributed by atoms with E-state index < -0.39 is 0 Å². The van der Waals surface area contributed by atoms with Gasteiger partial charge in [0.25, 0.3) is 0 Å². The number of allylic oxidation sites excluding steroid dienone is 3. The Hall–Kier alpha value is -1.57. The Labute approximate surface area is 96.9 Å². The molecular formula is C14H19FO. The van der Waals surface area contributed by atoms with Crippen LogP contribution >= 0.6 is 0 Å². The quantitative estimate of drug-likeness (QED) is 0.567. The van der Waals surface area contributed by atoms with Crippen LogP contribution in [0.15, 0.2) is 42.7 Å². The van der Waals surface area contributed by atoms with Gasteiger partial charge in [0.05, 0.1) is 5.76 Å². The molecule has 88 valence electrons. The molecule has 1 nitrogen and oxygen atoms in total. The van der Waals surface area contributed by atoms with E-state index >= 15 is 0 Å². The molecule has 1 N–H and O–H groups in total. The van der Waals surface area contributed by atoms with E-state index in [2.05, 4.69) is 20.4 Å². The van der Waals surface area contributed by atoms with E-state index in [4.69, 9.17) is 0 Å². The van der Waals surface area contributed by atoms with Crippen LogP contribution in [0.1, 0.15) is 32.8 Å². The summed E-state index contributed by atoms with van der Waals surface area (Å²) in [4.78, 5) is 0. The maximum Gasteiger partial charge on any atom is 0.123 e. The summed E-state index contributed by atoms with van der Waals surface area (Å²) in [5, 5.41) is 9.25. The highest BCUT2D eigenvalue weighted by atomic mass is 19.1. The molecule has 0 radical (unpaired) electrons. The lowest BCUT2D eigenvalue weighted by atomic mass is 10.1. The van der Waals surface area contributed by atoms with Gasteiger partial charge in [-0.05, 0) is 24.6 Å². The minimum atomic E-state index is -0.289. The van der Waals surface area contributed by atoms with Gasteiger partial charge in [0.15, 0.2) is 0 Å². The van der Waals surface area contributed by atoms with E-state index in [0.717, 1.165) is 5.56 Å². The van der Waals surface area contributed by atoms with Crippen molar-refractivity contribution in [2.24, 2.45) is 0 Å². The van der Waals surface area contributed by atoms with Gasteiger partial charge in [-0.3, -0.25) is 0 Å². The number of aliphatic hydroxyl groups is 1. The first kappa shape index (κ1) is 14.4. The Bertz CT molecular complexity index is 346. The molecule has 0 aliphatic heterocycles. The van der Waals surface area contributed by atoms with Crippen molar-refractivity contribution < 1.29 is 9.50 Å². The molecule has 0 aliphatic rings. The second-order valence-corrected chi connectivity index (χ2v) is 3.42. The normalized spacial score (nSPS) is 11.0. The zero-order chi connectivity index (χ0) is 12.6. The van der Waals surface area contributed by atoms with E-state index in [9.17, 15) is 9.50 Å². The topological polar surface area (TPSA) is 20.2 Å². The first-order chi connectivity index (χ1) is 7.56. The minimum Gasteiger partial charge on any atom is -0.512 e. The molecule has 1 rings (SSSR count). The van der Waals surface area contributed by atoms with Gasteiger partial charge < -0.3 is 5.11 Å². The second kappa shape index (κ2) is 7.69. The third-order valence-corrected chi connectivity index (χ3v) is 1.75. The molecule has 0 spiro atoms. The molecule has 0 unspecified atom stereocenters. The fourth-order valence-corrected chi connectivity index (χ4v) is 1.10. The Morgan fingerprint density at radius 3 is 2.06 bits per heavy atom. The summed E-state index contributed by atoms with van der Waals surface area (Å²) in [5.41, 5.74) is 1.39. The maximum atomic E-state index is 12.6. The zero-order valence-corrected chi connectivity index (χ0v) is 10.1. The van der Waals surface area contributed by atoms with E-state index in [-0.39, 0.29) is 11.6 Å². The lowest BCUT2D eigenvalue weighted by Crippen LogP contribution is -1.85. The first-order valence-corrected chi connectivity index (χ1v) is 5.35. The van der Waals surface area contributed by atoms with E-state index in [1.807, 2.05) is 0 Å². The van der Waals surface area contributed by atoms with Gasteiger partial charge in [0, 0.05) is 5.57 Å². The van der Waals surface area contributed by atoms with Crippen LogP contribution < -0.4 is 0 Å². The van der Waals surface area contributed by atoms with Crippen molar-refractivity contribution in [3.8, 4) is 0 Å². The Kier molecular flexibility index (Phi) is 6.93. The third-order valence-electron chi connectivity index (χ3n) is 1.75. The van der Waals surface area contributed by atoms with Crippen molar-refractivity contribution in [3.63, 3.8) is 0 Å². The van der Waals surface area contributed by atoms with Crippen LogP contribution in [0.25, 0.3) is 5.57 Å². The Balaban J connectivity index is 0.000000673. The molecule has 0 amide bonds. The molecule has 0 aliphatic carbocycles. The van der Waals surface area contributed by atoms with Crippen molar-refractivity contribution in [3.05, 3.63) is 54.1 Å². The molecule has 0 bridgehead atoms. The van der Waals surface area contributed by atoms with Gasteiger partial charge in [-0.15, -0.1) is 0 Å². The molecule has 0 saturated carbocycles. The Morgan fingerprint density at radius 2 is 1.75 bits per heavy atom. The second-order valence-electron chi connectivity index (χ2n) is 3.42. The van der Waals surface area contributed by atoms with Crippen molar-refractivity contribution in [1.29, 1.82) is 0 Å². The maximum absolute atomic E-state index is 12.6. The summed E-state index contributed by atoms with van der Waals surface area (Å²) in [6.07, 6.45) is 2.79. The van der Waals surface area contributed by atoms with Crippen molar-refractivity contribution in [2.75, 3.05) is 0 Å². The summed E-state index contributed by atoms with van der Waals surface area (Å²) >= 11 is 0. The number of rotatable bonds is 2. The van der Waals surface area contributed by atoms with E-state index in [0.29, 0.717) is 5.57 Å². The van der Waals surface area contributed by atoms with Crippen LogP contribution in [0, 0.1) is 5.82 Å². The number of hydrogen-bond acceptors (Lipinski definition) is 1. The Morgan fingerprint density at radius 1 is 1.31 bits per heavy atom. The number of aliphatic hydroxyl groups excluding tert-OH is 1. The smallest absolute Gasteiger partial charge is 0.123 e. The largest absolute Gasteiger partial charge is 0.512 e. The highest BCUT2D eigenvalue weighted by molar-refractivity contribution is 5.74. The number of hydrogen-bond donors (Lipinski definition) is 1. The molecule has 16 heavy (non-hydrogen) atoms. The molecule has 0 aromatic heterocycles. The fourth-order valence-electron chi connectivity index (χ4n) is 1.10. The third kappa shape index (κ3) is 4.78. The molecule has 0 saturated heterocycles. The minimum absolute atomic E-state index is 0.182. The highest BCUT2D eigenvalue weighted by Crippen LogP contribution is 2.18. The number of halogens is 1. The van der Waals surface area contributed by atoms with Gasteiger partial charge >= 0.3 is 0 Å². The summed E-state index contributed by atoms with van der Waals surface area (Å²) in [6.45, 7) is 9.39. The molecular weight excluding hydrogens is 203 g/mol. The van der Waals surface area contributed by atoms with Crippen LogP contribution in [0.4, 0.5) is 4.39 Å². The van der Waals surface area contributed by atoms with Gasteiger partial charge in [-0.25, -0.2) is 4.39 Å². The highest BCUT2D eigenvalue weighted by Gasteiger charge is 2.00. The van der Waals surface area contributed by atoms with E-state index in [1.165, 1.54) is 18.6 Å². The summed E-state index contributed by atoms with van der Waals surface area (Å²) < 4.78 is 12.6. The predicted molar refractivity (Wildman–Crippen MR) is 67.8 cm³/mol. The fraction of sp³-hybridized carbons (Fsp3) is 0.286. The van der Waals surface area contributed by atoms with E-state index in [1.54, 1.807) is 25.1 Å². The monoisotopic (exact) mass is 222 g/mol. The molecule has 0 atom stereocenters. The van der Waals surface area contributed by atoms with Crippen LogP contribution in [-0.4, -0.2) is 5.11 Å². The van der Waals surface area contributed by atoms with Crippen molar-refractivity contribution >= 4 is 5.57 Å². The summed E-state index contributed by atoms with van der Waals surface area (Å²) in [5.74, 6) is -0.107. The van der Waals surface area contributed by atoms with Gasteiger partial charge in [0.1, 0.15) is 5.82 Å². The SMILES string of the molecule is C=C/C(=C(\C)O)c1ccc(F)cc1.CCC. The van der Waals surface area contributed by atoms with Crippen molar-refractivity contribution in [1.82, 2.24) is 0 Å². The van der Waals surface area contributed by atoms with Gasteiger partial charge in [0.2, 0.25) is 0 Å². The van der Waals surface area contributed by atoms with Gasteiger partial charge in [-0.1, -0.05) is 45.1 Å². The molecule has 2 heteroatoms. The lowest BCUT2D eigenvalue weighted by Gasteiger charge is -2.02. The predicted octanol–water partition coefficient (Wildman–Crippen LogP) is 4.72. The molecule has 1 aromatic carbocycles. The first-order valence-electron chi connectivity index (χ1n) is 5.35. The van der Waals surface area contributed by atoms with Crippen LogP contribution in [0.2, 0.25) is 0 Å². The van der Waals surface area contributed by atoms with Crippen LogP contribution in [-0.2, 0) is 0 Å². The zero-order valence-electron chi connectivity index (χ0n) is 10.1.